The molecule has 0 amide bonds. The number of rotatable bonds is 5. The van der Waals surface area contributed by atoms with Crippen LogP contribution < -0.4 is 5.32 Å². The van der Waals surface area contributed by atoms with Crippen LogP contribution in [0.5, 0.6) is 0 Å². The molecule has 4 atom stereocenters. The molecular formula is C17H23NO4. The van der Waals surface area contributed by atoms with Gasteiger partial charge in [0.2, 0.25) is 0 Å². The summed E-state index contributed by atoms with van der Waals surface area (Å²) in [6.45, 7) is 4.61. The quantitative estimate of drug-likeness (QED) is 0.819. The summed E-state index contributed by atoms with van der Waals surface area (Å²) >= 11 is 0. The lowest BCUT2D eigenvalue weighted by atomic mass is 10.1. The van der Waals surface area contributed by atoms with Gasteiger partial charge in [0.15, 0.2) is 5.79 Å². The standard InChI is InChI=1S/C17H23NO4/c1-17(2)21-15-13(18-11-12-6-4-3-5-7-12)10-14(16(15)22-17)20-9-8-19/h3-9,13-16,18-19H,10-11H2,1-2H3/b9-8+/t13-,14+,15+,16-/m1/s1. The van der Waals surface area contributed by atoms with Crippen molar-refractivity contribution in [2.75, 3.05) is 0 Å². The van der Waals surface area contributed by atoms with Crippen molar-refractivity contribution in [3.8, 4) is 0 Å². The van der Waals surface area contributed by atoms with Gasteiger partial charge in [0, 0.05) is 19.0 Å². The van der Waals surface area contributed by atoms with Crippen LogP contribution in [0.2, 0.25) is 0 Å². The highest BCUT2D eigenvalue weighted by atomic mass is 16.8. The van der Waals surface area contributed by atoms with Crippen molar-refractivity contribution in [2.24, 2.45) is 0 Å². The molecule has 5 heteroatoms. The van der Waals surface area contributed by atoms with Crippen LogP contribution in [0.3, 0.4) is 0 Å². The molecule has 22 heavy (non-hydrogen) atoms. The number of nitrogens with one attached hydrogen (secondary N) is 1. The molecule has 0 bridgehead atoms. The lowest BCUT2D eigenvalue weighted by Crippen LogP contribution is -2.39. The summed E-state index contributed by atoms with van der Waals surface area (Å²) in [4.78, 5) is 0. The van der Waals surface area contributed by atoms with E-state index in [1.807, 2.05) is 32.0 Å². The first-order valence-electron chi connectivity index (χ1n) is 7.67. The molecule has 1 aromatic carbocycles. The molecule has 2 fully saturated rings. The van der Waals surface area contributed by atoms with E-state index < -0.39 is 5.79 Å². The molecule has 0 radical (unpaired) electrons. The van der Waals surface area contributed by atoms with Crippen molar-refractivity contribution in [1.82, 2.24) is 5.32 Å². The van der Waals surface area contributed by atoms with Crippen molar-refractivity contribution in [1.29, 1.82) is 0 Å². The van der Waals surface area contributed by atoms with Gasteiger partial charge < -0.3 is 24.6 Å². The van der Waals surface area contributed by atoms with E-state index in [9.17, 15) is 0 Å². The molecule has 2 aliphatic rings. The summed E-state index contributed by atoms with van der Waals surface area (Å²) in [7, 11) is 0. The summed E-state index contributed by atoms with van der Waals surface area (Å²) < 4.78 is 17.6. The average Bonchev–Trinajstić information content (AvgIpc) is 2.98. The van der Waals surface area contributed by atoms with E-state index in [1.165, 1.54) is 11.8 Å². The number of fused-ring (bicyclic) bond motifs is 1. The van der Waals surface area contributed by atoms with Gasteiger partial charge in [-0.1, -0.05) is 30.3 Å². The van der Waals surface area contributed by atoms with Crippen LogP contribution >= 0.6 is 0 Å². The number of ether oxygens (including phenoxy) is 3. The maximum atomic E-state index is 8.79. The summed E-state index contributed by atoms with van der Waals surface area (Å²) in [5.41, 5.74) is 1.23. The molecule has 1 saturated heterocycles. The Bertz CT molecular complexity index is 517. The van der Waals surface area contributed by atoms with Crippen molar-refractivity contribution >= 4 is 0 Å². The Labute approximate surface area is 130 Å². The van der Waals surface area contributed by atoms with Crippen molar-refractivity contribution in [3.05, 3.63) is 48.4 Å². The Kier molecular flexibility index (Phi) is 4.38. The minimum absolute atomic E-state index is 0.0456. The fourth-order valence-electron chi connectivity index (χ4n) is 3.25. The Morgan fingerprint density at radius 2 is 2.00 bits per heavy atom. The highest BCUT2D eigenvalue weighted by Crippen LogP contribution is 2.39. The smallest absolute Gasteiger partial charge is 0.164 e. The zero-order valence-corrected chi connectivity index (χ0v) is 12.9. The highest BCUT2D eigenvalue weighted by molar-refractivity contribution is 5.15. The van der Waals surface area contributed by atoms with Crippen molar-refractivity contribution < 1.29 is 19.3 Å². The third kappa shape index (κ3) is 3.27. The molecule has 3 rings (SSSR count). The first-order chi connectivity index (χ1) is 10.6. The first-order valence-corrected chi connectivity index (χ1v) is 7.67. The number of aliphatic hydroxyl groups excluding tert-OH is 1. The topological polar surface area (TPSA) is 60.0 Å². The van der Waals surface area contributed by atoms with E-state index in [1.54, 1.807) is 0 Å². The maximum absolute atomic E-state index is 8.79. The van der Waals surface area contributed by atoms with Gasteiger partial charge in [-0.05, 0) is 19.4 Å². The van der Waals surface area contributed by atoms with Gasteiger partial charge >= 0.3 is 0 Å². The van der Waals surface area contributed by atoms with E-state index in [4.69, 9.17) is 19.3 Å². The maximum Gasteiger partial charge on any atom is 0.164 e. The fourth-order valence-corrected chi connectivity index (χ4v) is 3.25. The van der Waals surface area contributed by atoms with Gasteiger partial charge in [0.25, 0.3) is 0 Å². The highest BCUT2D eigenvalue weighted by Gasteiger charge is 2.54. The molecule has 1 saturated carbocycles. The summed E-state index contributed by atoms with van der Waals surface area (Å²) in [5.74, 6) is -0.604. The Balaban J connectivity index is 1.66. The largest absolute Gasteiger partial charge is 0.512 e. The zero-order chi connectivity index (χ0) is 15.6. The first kappa shape index (κ1) is 15.3. The van der Waals surface area contributed by atoms with Crippen LogP contribution in [0.25, 0.3) is 0 Å². The number of hydrogen-bond donors (Lipinski definition) is 2. The van der Waals surface area contributed by atoms with E-state index in [2.05, 4.69) is 17.4 Å². The third-order valence-electron chi connectivity index (χ3n) is 4.14. The second-order valence-electron chi connectivity index (χ2n) is 6.23. The molecule has 0 aromatic heterocycles. The Morgan fingerprint density at radius 3 is 2.73 bits per heavy atom. The van der Waals surface area contributed by atoms with Crippen LogP contribution in [0.1, 0.15) is 25.8 Å². The molecule has 120 valence electrons. The predicted molar refractivity (Wildman–Crippen MR) is 82.2 cm³/mol. The zero-order valence-electron chi connectivity index (χ0n) is 12.9. The molecular weight excluding hydrogens is 282 g/mol. The summed E-state index contributed by atoms with van der Waals surface area (Å²) in [6, 6.07) is 10.4. The molecule has 0 unspecified atom stereocenters. The van der Waals surface area contributed by atoms with Gasteiger partial charge in [-0.3, -0.25) is 0 Å². The minimum atomic E-state index is -0.604. The minimum Gasteiger partial charge on any atom is -0.512 e. The monoisotopic (exact) mass is 305 g/mol. The molecule has 5 nitrogen and oxygen atoms in total. The summed E-state index contributed by atoms with van der Waals surface area (Å²) in [5, 5.41) is 12.3. The number of hydrogen-bond acceptors (Lipinski definition) is 5. The van der Waals surface area contributed by atoms with Crippen LogP contribution in [0.4, 0.5) is 0 Å². The van der Waals surface area contributed by atoms with Crippen LogP contribution in [0.15, 0.2) is 42.9 Å². The van der Waals surface area contributed by atoms with E-state index in [-0.39, 0.29) is 24.4 Å². The molecule has 2 N–H and O–H groups in total. The second-order valence-corrected chi connectivity index (χ2v) is 6.23. The fraction of sp³-hybridized carbons (Fsp3) is 0.529. The van der Waals surface area contributed by atoms with Crippen molar-refractivity contribution in [2.45, 2.75) is 57.0 Å². The van der Waals surface area contributed by atoms with E-state index in [0.717, 1.165) is 19.2 Å². The lowest BCUT2D eigenvalue weighted by molar-refractivity contribution is -0.164. The molecule has 1 heterocycles. The summed E-state index contributed by atoms with van der Waals surface area (Å²) in [6.07, 6.45) is 2.69. The number of benzene rings is 1. The van der Waals surface area contributed by atoms with Crippen molar-refractivity contribution in [3.63, 3.8) is 0 Å². The Morgan fingerprint density at radius 1 is 1.27 bits per heavy atom. The van der Waals surface area contributed by atoms with Gasteiger partial charge in [0.05, 0.1) is 0 Å². The third-order valence-corrected chi connectivity index (χ3v) is 4.14. The van der Waals surface area contributed by atoms with E-state index in [0.29, 0.717) is 0 Å². The van der Waals surface area contributed by atoms with Crippen LogP contribution in [0, 0.1) is 0 Å². The Hall–Kier alpha value is -1.56. The molecule has 1 aliphatic carbocycles. The van der Waals surface area contributed by atoms with Gasteiger partial charge in [-0.25, -0.2) is 0 Å². The molecule has 1 aromatic rings. The van der Waals surface area contributed by atoms with Gasteiger partial charge in [-0.15, -0.1) is 0 Å². The predicted octanol–water partition coefficient (Wildman–Crippen LogP) is 2.48. The normalized spacial score (nSPS) is 33.2. The van der Waals surface area contributed by atoms with E-state index >= 15 is 0 Å². The second kappa shape index (κ2) is 6.28. The van der Waals surface area contributed by atoms with Gasteiger partial charge in [0.1, 0.15) is 30.8 Å². The van der Waals surface area contributed by atoms with Crippen LogP contribution in [-0.2, 0) is 20.8 Å². The number of aliphatic hydroxyl groups is 1. The SMILES string of the molecule is CC1(C)O[C@@H]2[C@H](O1)[C@@H](O/C=C/O)C[C@H]2NCc1ccccc1. The average molecular weight is 305 g/mol. The molecule has 0 spiro atoms. The molecule has 1 aliphatic heterocycles. The van der Waals surface area contributed by atoms with Crippen LogP contribution in [-0.4, -0.2) is 35.2 Å². The van der Waals surface area contributed by atoms with Gasteiger partial charge in [-0.2, -0.15) is 0 Å². The lowest BCUT2D eigenvalue weighted by Gasteiger charge is -2.23.